The van der Waals surface area contributed by atoms with Gasteiger partial charge in [0.1, 0.15) is 18.3 Å². The highest BCUT2D eigenvalue weighted by molar-refractivity contribution is 6.30. The number of hydrogen-bond donors (Lipinski definition) is 0. The van der Waals surface area contributed by atoms with Gasteiger partial charge in [0.15, 0.2) is 0 Å². The Balaban J connectivity index is 1.50. The second kappa shape index (κ2) is 12.0. The van der Waals surface area contributed by atoms with Crippen LogP contribution in [0.4, 0.5) is 0 Å². The van der Waals surface area contributed by atoms with Gasteiger partial charge in [-0.05, 0) is 67.8 Å². The second-order valence-corrected chi connectivity index (χ2v) is 8.95. The Morgan fingerprint density at radius 1 is 1.11 bits per heavy atom. The first-order chi connectivity index (χ1) is 17.5. The Labute approximate surface area is 214 Å². The van der Waals surface area contributed by atoms with Crippen molar-refractivity contribution in [3.05, 3.63) is 65.0 Å². The number of ether oxygens (including phenoxy) is 2. The summed E-state index contributed by atoms with van der Waals surface area (Å²) < 4.78 is 15.9. The van der Waals surface area contributed by atoms with Crippen LogP contribution in [0.2, 0.25) is 5.02 Å². The van der Waals surface area contributed by atoms with Crippen molar-refractivity contribution in [2.75, 3.05) is 40.5 Å². The molecular formula is C26H29ClN4O5. The molecule has 3 aromatic rings. The number of hydrogen-bond acceptors (Lipinski definition) is 7. The molecule has 1 atom stereocenters. The first-order valence-corrected chi connectivity index (χ1v) is 12.2. The third kappa shape index (κ3) is 6.03. The van der Waals surface area contributed by atoms with Crippen LogP contribution in [0.1, 0.15) is 41.6 Å². The first kappa shape index (κ1) is 25.7. The van der Waals surface area contributed by atoms with Crippen molar-refractivity contribution in [3.8, 4) is 17.1 Å². The lowest BCUT2D eigenvalue weighted by atomic mass is 10.0. The summed E-state index contributed by atoms with van der Waals surface area (Å²) in [6.45, 7) is 1.07. The summed E-state index contributed by atoms with van der Waals surface area (Å²) in [7, 11) is 3.13. The van der Waals surface area contributed by atoms with E-state index < -0.39 is 0 Å². The van der Waals surface area contributed by atoms with E-state index in [1.54, 1.807) is 55.5 Å². The van der Waals surface area contributed by atoms with Crippen molar-refractivity contribution < 1.29 is 23.6 Å². The molecule has 190 valence electrons. The van der Waals surface area contributed by atoms with E-state index in [1.807, 2.05) is 12.1 Å². The summed E-state index contributed by atoms with van der Waals surface area (Å²) in [5.74, 6) is 1.05. The molecular weight excluding hydrogens is 484 g/mol. The van der Waals surface area contributed by atoms with Crippen molar-refractivity contribution in [3.63, 3.8) is 0 Å². The van der Waals surface area contributed by atoms with Crippen LogP contribution < -0.4 is 4.74 Å². The van der Waals surface area contributed by atoms with Crippen LogP contribution in [0.5, 0.6) is 5.75 Å². The number of carbonyl (C=O) groups is 2. The molecule has 1 aliphatic rings. The Bertz CT molecular complexity index is 1170. The average Bonchev–Trinajstić information content (AvgIpc) is 3.41. The second-order valence-electron chi connectivity index (χ2n) is 8.51. The van der Waals surface area contributed by atoms with Crippen molar-refractivity contribution in [2.24, 2.45) is 0 Å². The molecule has 4 rings (SSSR count). The molecule has 2 heterocycles. The molecule has 0 spiro atoms. The van der Waals surface area contributed by atoms with Gasteiger partial charge in [0, 0.05) is 36.3 Å². The molecule has 36 heavy (non-hydrogen) atoms. The summed E-state index contributed by atoms with van der Waals surface area (Å²) in [6.07, 6.45) is 2.51. The molecule has 0 aliphatic carbocycles. The Hall–Kier alpha value is -3.43. The number of likely N-dealkylation sites (tertiary alicyclic amines) is 1. The van der Waals surface area contributed by atoms with E-state index in [0.717, 1.165) is 18.4 Å². The summed E-state index contributed by atoms with van der Waals surface area (Å²) in [6, 6.07) is 13.6. The fraction of sp³-hybridized carbons (Fsp3) is 0.385. The fourth-order valence-corrected chi connectivity index (χ4v) is 4.32. The number of methoxy groups -OCH3 is 2. The molecule has 0 saturated carbocycles. The quantitative estimate of drug-likeness (QED) is 0.423. The minimum Gasteiger partial charge on any atom is -0.497 e. The molecule has 1 unspecified atom stereocenters. The zero-order valence-electron chi connectivity index (χ0n) is 20.4. The van der Waals surface area contributed by atoms with Crippen LogP contribution in [0.25, 0.3) is 11.4 Å². The molecule has 1 aromatic heterocycles. The SMILES string of the molecule is COCCN(CC(=O)N1CCCCC1c1nc(-c2ccc(Cl)cc2)no1)C(=O)c1ccc(OC)cc1. The zero-order chi connectivity index (χ0) is 25.5. The van der Waals surface area contributed by atoms with Crippen molar-refractivity contribution in [1.82, 2.24) is 19.9 Å². The van der Waals surface area contributed by atoms with Crippen molar-refractivity contribution in [1.29, 1.82) is 0 Å². The lowest BCUT2D eigenvalue weighted by Crippen LogP contribution is -2.46. The van der Waals surface area contributed by atoms with Crippen LogP contribution in [0, 0.1) is 0 Å². The van der Waals surface area contributed by atoms with Gasteiger partial charge in [-0.1, -0.05) is 16.8 Å². The van der Waals surface area contributed by atoms with E-state index in [0.29, 0.717) is 47.6 Å². The number of carbonyl (C=O) groups excluding carboxylic acids is 2. The van der Waals surface area contributed by atoms with E-state index in [4.69, 9.17) is 25.6 Å². The van der Waals surface area contributed by atoms with Crippen LogP contribution in [0.15, 0.2) is 53.1 Å². The van der Waals surface area contributed by atoms with Crippen molar-refractivity contribution >= 4 is 23.4 Å². The molecule has 1 fully saturated rings. The fourth-order valence-electron chi connectivity index (χ4n) is 4.20. The summed E-state index contributed by atoms with van der Waals surface area (Å²) in [5.41, 5.74) is 1.25. The molecule has 0 radical (unpaired) electrons. The standard InChI is InChI=1S/C26H29ClN4O5/c1-34-16-15-30(26(33)19-8-12-21(35-2)13-9-19)17-23(32)31-14-4-3-5-22(31)25-28-24(29-36-25)18-6-10-20(27)11-7-18/h6-13,22H,3-5,14-17H2,1-2H3. The van der Waals surface area contributed by atoms with Gasteiger partial charge in [-0.2, -0.15) is 4.98 Å². The molecule has 2 amide bonds. The first-order valence-electron chi connectivity index (χ1n) is 11.8. The van der Waals surface area contributed by atoms with Crippen LogP contribution in [0.3, 0.4) is 0 Å². The molecule has 9 nitrogen and oxygen atoms in total. The molecule has 0 N–H and O–H groups in total. The summed E-state index contributed by atoms with van der Waals surface area (Å²) in [4.78, 5) is 34.5. The Morgan fingerprint density at radius 3 is 2.56 bits per heavy atom. The summed E-state index contributed by atoms with van der Waals surface area (Å²) in [5, 5.41) is 4.73. The van der Waals surface area contributed by atoms with E-state index in [9.17, 15) is 9.59 Å². The summed E-state index contributed by atoms with van der Waals surface area (Å²) >= 11 is 5.98. The minimum atomic E-state index is -0.347. The number of benzene rings is 2. The zero-order valence-corrected chi connectivity index (χ0v) is 21.1. The van der Waals surface area contributed by atoms with Crippen LogP contribution >= 0.6 is 11.6 Å². The molecule has 1 aliphatic heterocycles. The topological polar surface area (TPSA) is 98.0 Å². The van der Waals surface area contributed by atoms with Gasteiger partial charge in [0.25, 0.3) is 5.91 Å². The number of aromatic nitrogens is 2. The monoisotopic (exact) mass is 512 g/mol. The van der Waals surface area contributed by atoms with Gasteiger partial charge < -0.3 is 23.8 Å². The highest BCUT2D eigenvalue weighted by atomic mass is 35.5. The number of halogens is 1. The molecule has 10 heteroatoms. The van der Waals surface area contributed by atoms with Gasteiger partial charge >= 0.3 is 0 Å². The van der Waals surface area contributed by atoms with Gasteiger partial charge in [-0.15, -0.1) is 0 Å². The van der Waals surface area contributed by atoms with Gasteiger partial charge in [-0.25, -0.2) is 0 Å². The lowest BCUT2D eigenvalue weighted by Gasteiger charge is -2.35. The van der Waals surface area contributed by atoms with Crippen LogP contribution in [-0.4, -0.2) is 72.2 Å². The van der Waals surface area contributed by atoms with Crippen LogP contribution in [-0.2, 0) is 9.53 Å². The van der Waals surface area contributed by atoms with E-state index in [1.165, 1.54) is 4.90 Å². The van der Waals surface area contributed by atoms with Gasteiger partial charge in [-0.3, -0.25) is 9.59 Å². The predicted molar refractivity (Wildman–Crippen MR) is 134 cm³/mol. The number of rotatable bonds is 9. The van der Waals surface area contributed by atoms with E-state index in [2.05, 4.69) is 10.1 Å². The molecule has 2 aromatic carbocycles. The molecule has 1 saturated heterocycles. The molecule has 0 bridgehead atoms. The third-order valence-electron chi connectivity index (χ3n) is 6.17. The maximum absolute atomic E-state index is 13.5. The highest BCUT2D eigenvalue weighted by Gasteiger charge is 2.33. The maximum atomic E-state index is 13.5. The Morgan fingerprint density at radius 2 is 1.86 bits per heavy atom. The normalized spacial score (nSPS) is 15.5. The minimum absolute atomic E-state index is 0.0805. The van der Waals surface area contributed by atoms with Gasteiger partial charge in [0.2, 0.25) is 17.6 Å². The number of nitrogens with zero attached hydrogens (tertiary/aromatic N) is 4. The van der Waals surface area contributed by atoms with E-state index in [-0.39, 0.29) is 30.9 Å². The highest BCUT2D eigenvalue weighted by Crippen LogP contribution is 2.31. The average molecular weight is 513 g/mol. The predicted octanol–water partition coefficient (Wildman–Crippen LogP) is 4.24. The van der Waals surface area contributed by atoms with E-state index >= 15 is 0 Å². The smallest absolute Gasteiger partial charge is 0.254 e. The van der Waals surface area contributed by atoms with Gasteiger partial charge in [0.05, 0.1) is 13.7 Å². The number of piperidine rings is 1. The Kier molecular flexibility index (Phi) is 8.56. The van der Waals surface area contributed by atoms with Crippen molar-refractivity contribution in [2.45, 2.75) is 25.3 Å². The third-order valence-corrected chi connectivity index (χ3v) is 6.42. The lowest BCUT2D eigenvalue weighted by molar-refractivity contribution is -0.136. The largest absolute Gasteiger partial charge is 0.497 e. The number of amides is 2. The maximum Gasteiger partial charge on any atom is 0.254 e.